The van der Waals surface area contributed by atoms with Gasteiger partial charge in [-0.05, 0) is 24.3 Å². The van der Waals surface area contributed by atoms with Crippen molar-refractivity contribution in [1.29, 1.82) is 0 Å². The molecule has 0 unspecified atom stereocenters. The lowest BCUT2D eigenvalue weighted by molar-refractivity contribution is -0.167. The second-order valence-corrected chi connectivity index (χ2v) is 4.98. The lowest BCUT2D eigenvalue weighted by Crippen LogP contribution is -2.30. The summed E-state index contributed by atoms with van der Waals surface area (Å²) in [4.78, 5) is 12.4. The van der Waals surface area contributed by atoms with Gasteiger partial charge in [0.15, 0.2) is 0 Å². The van der Waals surface area contributed by atoms with Crippen molar-refractivity contribution in [2.75, 3.05) is 5.32 Å². The Labute approximate surface area is 118 Å². The fourth-order valence-electron chi connectivity index (χ4n) is 1.47. The number of hydrogen-bond acceptors (Lipinski definition) is 2. The molecule has 0 fully saturated rings. The smallest absolute Gasteiger partial charge is 0.317 e. The summed E-state index contributed by atoms with van der Waals surface area (Å²) in [6.07, 6.45) is -4.90. The van der Waals surface area contributed by atoms with Crippen LogP contribution in [0.15, 0.2) is 64.4 Å². The summed E-state index contributed by atoms with van der Waals surface area (Å²) in [6, 6.07) is 15.6. The monoisotopic (exact) mass is 297 g/mol. The summed E-state index contributed by atoms with van der Waals surface area (Å²) in [5.41, 5.74) is 0.142. The number of halogens is 3. The SMILES string of the molecule is O=C(Nc1ccccc1Sc1ccccc1)C(F)(F)F. The number of nitrogens with one attached hydrogen (secondary N) is 1. The van der Waals surface area contributed by atoms with Crippen LogP contribution in [-0.2, 0) is 4.79 Å². The first-order valence-corrected chi connectivity index (χ1v) is 6.48. The third kappa shape index (κ3) is 3.77. The number of benzene rings is 2. The summed E-state index contributed by atoms with van der Waals surface area (Å²) in [5, 5.41) is 1.89. The molecule has 2 aromatic carbocycles. The van der Waals surface area contributed by atoms with E-state index in [1.807, 2.05) is 35.6 Å². The highest BCUT2D eigenvalue weighted by molar-refractivity contribution is 7.99. The molecular formula is C14H10F3NOS. The molecule has 0 aliphatic heterocycles. The molecule has 20 heavy (non-hydrogen) atoms. The minimum Gasteiger partial charge on any atom is -0.317 e. The molecule has 1 amide bonds. The summed E-state index contributed by atoms with van der Waals surface area (Å²) >= 11 is 1.28. The van der Waals surface area contributed by atoms with Crippen LogP contribution < -0.4 is 5.32 Å². The van der Waals surface area contributed by atoms with Gasteiger partial charge in [0.05, 0.1) is 5.69 Å². The molecule has 0 spiro atoms. The van der Waals surface area contributed by atoms with Gasteiger partial charge in [0.25, 0.3) is 0 Å². The fraction of sp³-hybridized carbons (Fsp3) is 0.0714. The highest BCUT2D eigenvalue weighted by Crippen LogP contribution is 2.33. The molecule has 0 radical (unpaired) electrons. The van der Waals surface area contributed by atoms with Crippen molar-refractivity contribution in [1.82, 2.24) is 0 Å². The van der Waals surface area contributed by atoms with Crippen LogP contribution in [0, 0.1) is 0 Å². The molecule has 0 aromatic heterocycles. The Kier molecular flexibility index (Phi) is 4.34. The van der Waals surface area contributed by atoms with E-state index in [1.165, 1.54) is 17.8 Å². The van der Waals surface area contributed by atoms with Crippen LogP contribution in [0.4, 0.5) is 18.9 Å². The maximum atomic E-state index is 12.3. The van der Waals surface area contributed by atoms with Crippen molar-refractivity contribution >= 4 is 23.4 Å². The van der Waals surface area contributed by atoms with Crippen molar-refractivity contribution in [3.8, 4) is 0 Å². The highest BCUT2D eigenvalue weighted by atomic mass is 32.2. The van der Waals surface area contributed by atoms with E-state index in [0.717, 1.165) is 4.90 Å². The van der Waals surface area contributed by atoms with Crippen LogP contribution in [0.3, 0.4) is 0 Å². The Balaban J connectivity index is 2.21. The van der Waals surface area contributed by atoms with E-state index < -0.39 is 12.1 Å². The zero-order valence-corrected chi connectivity index (χ0v) is 11.0. The van der Waals surface area contributed by atoms with Crippen molar-refractivity contribution < 1.29 is 18.0 Å². The van der Waals surface area contributed by atoms with Gasteiger partial charge in [0, 0.05) is 9.79 Å². The number of carbonyl (C=O) groups is 1. The van der Waals surface area contributed by atoms with Gasteiger partial charge in [-0.25, -0.2) is 0 Å². The van der Waals surface area contributed by atoms with Crippen molar-refractivity contribution in [2.24, 2.45) is 0 Å². The standard InChI is InChI=1S/C14H10F3NOS/c15-14(16,17)13(19)18-11-8-4-5-9-12(11)20-10-6-2-1-3-7-10/h1-9H,(H,18,19). The molecule has 0 bridgehead atoms. The molecule has 1 N–H and O–H groups in total. The second kappa shape index (κ2) is 6.00. The molecule has 2 rings (SSSR count). The van der Waals surface area contributed by atoms with E-state index in [-0.39, 0.29) is 5.69 Å². The highest BCUT2D eigenvalue weighted by Gasteiger charge is 2.38. The number of anilines is 1. The number of rotatable bonds is 3. The maximum Gasteiger partial charge on any atom is 0.471 e. The average Bonchev–Trinajstić information content (AvgIpc) is 2.41. The predicted octanol–water partition coefficient (Wildman–Crippen LogP) is 4.34. The minimum atomic E-state index is -4.90. The number of para-hydroxylation sites is 1. The zero-order chi connectivity index (χ0) is 14.6. The van der Waals surface area contributed by atoms with Crippen LogP contribution in [0.2, 0.25) is 0 Å². The Morgan fingerprint density at radius 1 is 0.950 bits per heavy atom. The molecule has 0 atom stereocenters. The van der Waals surface area contributed by atoms with Crippen LogP contribution in [-0.4, -0.2) is 12.1 Å². The topological polar surface area (TPSA) is 29.1 Å². The number of amides is 1. The first-order chi connectivity index (χ1) is 9.47. The molecule has 104 valence electrons. The van der Waals surface area contributed by atoms with E-state index in [2.05, 4.69) is 0 Å². The molecule has 0 saturated heterocycles. The third-order valence-corrected chi connectivity index (χ3v) is 3.45. The summed E-state index contributed by atoms with van der Waals surface area (Å²) in [5.74, 6) is -1.97. The first kappa shape index (κ1) is 14.5. The molecule has 0 heterocycles. The van der Waals surface area contributed by atoms with E-state index in [9.17, 15) is 18.0 Å². The lowest BCUT2D eigenvalue weighted by Gasteiger charge is -2.12. The third-order valence-electron chi connectivity index (χ3n) is 2.36. The van der Waals surface area contributed by atoms with Gasteiger partial charge in [-0.1, -0.05) is 42.1 Å². The molecule has 2 aromatic rings. The van der Waals surface area contributed by atoms with Crippen molar-refractivity contribution in [3.05, 3.63) is 54.6 Å². The van der Waals surface area contributed by atoms with E-state index in [4.69, 9.17) is 0 Å². The predicted molar refractivity (Wildman–Crippen MR) is 71.7 cm³/mol. The number of alkyl halides is 3. The van der Waals surface area contributed by atoms with Gasteiger partial charge in [-0.15, -0.1) is 0 Å². The Hall–Kier alpha value is -1.95. The Morgan fingerprint density at radius 2 is 1.55 bits per heavy atom. The molecule has 0 saturated carbocycles. The lowest BCUT2D eigenvalue weighted by atomic mass is 10.3. The van der Waals surface area contributed by atoms with Crippen molar-refractivity contribution in [3.63, 3.8) is 0 Å². The fourth-order valence-corrected chi connectivity index (χ4v) is 2.39. The van der Waals surface area contributed by atoms with Gasteiger partial charge in [-0.2, -0.15) is 13.2 Å². The summed E-state index contributed by atoms with van der Waals surface area (Å²) in [7, 11) is 0. The molecular weight excluding hydrogens is 287 g/mol. The molecule has 0 aliphatic rings. The van der Waals surface area contributed by atoms with Crippen LogP contribution >= 0.6 is 11.8 Å². The van der Waals surface area contributed by atoms with Crippen LogP contribution in [0.5, 0.6) is 0 Å². The van der Waals surface area contributed by atoms with Gasteiger partial charge in [0.2, 0.25) is 0 Å². The maximum absolute atomic E-state index is 12.3. The largest absolute Gasteiger partial charge is 0.471 e. The van der Waals surface area contributed by atoms with Gasteiger partial charge >= 0.3 is 12.1 Å². The average molecular weight is 297 g/mol. The molecule has 6 heteroatoms. The molecule has 2 nitrogen and oxygen atoms in total. The quantitative estimate of drug-likeness (QED) is 0.913. The number of hydrogen-bond donors (Lipinski definition) is 1. The summed E-state index contributed by atoms with van der Waals surface area (Å²) < 4.78 is 36.8. The van der Waals surface area contributed by atoms with Crippen LogP contribution in [0.25, 0.3) is 0 Å². The van der Waals surface area contributed by atoms with E-state index >= 15 is 0 Å². The first-order valence-electron chi connectivity index (χ1n) is 5.67. The Bertz CT molecular complexity index is 599. The van der Waals surface area contributed by atoms with Gasteiger partial charge < -0.3 is 5.32 Å². The van der Waals surface area contributed by atoms with Gasteiger partial charge in [0.1, 0.15) is 0 Å². The normalized spacial score (nSPS) is 11.2. The van der Waals surface area contributed by atoms with Crippen LogP contribution in [0.1, 0.15) is 0 Å². The van der Waals surface area contributed by atoms with E-state index in [0.29, 0.717) is 4.90 Å². The van der Waals surface area contributed by atoms with E-state index in [1.54, 1.807) is 18.2 Å². The number of carbonyl (C=O) groups excluding carboxylic acids is 1. The van der Waals surface area contributed by atoms with Crippen molar-refractivity contribution in [2.45, 2.75) is 16.0 Å². The van der Waals surface area contributed by atoms with Gasteiger partial charge in [-0.3, -0.25) is 4.79 Å². The minimum absolute atomic E-state index is 0.142. The summed E-state index contributed by atoms with van der Waals surface area (Å²) in [6.45, 7) is 0. The Morgan fingerprint density at radius 3 is 2.20 bits per heavy atom. The second-order valence-electron chi connectivity index (χ2n) is 3.86. The zero-order valence-electron chi connectivity index (χ0n) is 10.1. The molecule has 0 aliphatic carbocycles.